The Labute approximate surface area is 188 Å². The summed E-state index contributed by atoms with van der Waals surface area (Å²) >= 11 is 0. The second-order valence-corrected chi connectivity index (χ2v) is 10.3. The summed E-state index contributed by atoms with van der Waals surface area (Å²) in [6.45, 7) is 16.5. The summed E-state index contributed by atoms with van der Waals surface area (Å²) in [4.78, 5) is 11.7. The number of ether oxygens (including phenoxy) is 1. The zero-order valence-electron chi connectivity index (χ0n) is 20.6. The number of fused-ring (bicyclic) bond motifs is 1. The largest absolute Gasteiger partial charge is 0.465 e. The van der Waals surface area contributed by atoms with Gasteiger partial charge in [0, 0.05) is 0 Å². The number of esters is 1. The highest BCUT2D eigenvalue weighted by Gasteiger charge is 2.48. The van der Waals surface area contributed by atoms with Crippen LogP contribution >= 0.6 is 0 Å². The predicted octanol–water partition coefficient (Wildman–Crippen LogP) is 7.58. The first-order valence-electron chi connectivity index (χ1n) is 11.6. The van der Waals surface area contributed by atoms with Crippen LogP contribution in [0.3, 0.4) is 0 Å². The Morgan fingerprint density at radius 2 is 1.61 bits per heavy atom. The number of aryl methyl sites for hydroxylation is 1. The Kier molecular flexibility index (Phi) is 6.51. The molecule has 3 rings (SSSR count). The van der Waals surface area contributed by atoms with Gasteiger partial charge in [0.25, 0.3) is 0 Å². The second kappa shape index (κ2) is 8.65. The fourth-order valence-electron chi connectivity index (χ4n) is 5.18. The lowest BCUT2D eigenvalue weighted by molar-refractivity contribution is 0.0600. The van der Waals surface area contributed by atoms with E-state index in [1.807, 2.05) is 24.3 Å². The number of allylic oxidation sites excluding steroid dienone is 1. The molecular formula is C29H38O2. The molecule has 0 bridgehead atoms. The molecule has 0 spiro atoms. The molecule has 1 unspecified atom stereocenters. The van der Waals surface area contributed by atoms with E-state index >= 15 is 0 Å². The van der Waals surface area contributed by atoms with Crippen molar-refractivity contribution < 1.29 is 9.53 Å². The molecule has 0 fully saturated rings. The van der Waals surface area contributed by atoms with Crippen LogP contribution < -0.4 is 0 Å². The lowest BCUT2D eigenvalue weighted by Gasteiger charge is -2.32. The third-order valence-corrected chi connectivity index (χ3v) is 7.74. The van der Waals surface area contributed by atoms with E-state index in [2.05, 4.69) is 66.7 Å². The van der Waals surface area contributed by atoms with Crippen molar-refractivity contribution in [3.05, 3.63) is 69.8 Å². The van der Waals surface area contributed by atoms with Gasteiger partial charge in [-0.25, -0.2) is 4.79 Å². The molecule has 0 aromatic heterocycles. The summed E-state index contributed by atoms with van der Waals surface area (Å²) in [7, 11) is 1.41. The molecule has 1 atom stereocenters. The van der Waals surface area contributed by atoms with Crippen LogP contribution in [-0.2, 0) is 22.0 Å². The fraction of sp³-hybridized carbons (Fsp3) is 0.483. The Bertz CT molecular complexity index is 990. The van der Waals surface area contributed by atoms with Crippen molar-refractivity contribution in [3.8, 4) is 0 Å². The average Bonchev–Trinajstić information content (AvgIpc) is 2.88. The van der Waals surface area contributed by atoms with Gasteiger partial charge in [0.05, 0.1) is 12.7 Å². The average molecular weight is 419 g/mol. The molecule has 0 saturated carbocycles. The molecule has 166 valence electrons. The normalized spacial score (nSPS) is 19.2. The van der Waals surface area contributed by atoms with Gasteiger partial charge in [0.2, 0.25) is 0 Å². The number of carbonyl (C=O) groups is 1. The number of unbranched alkanes of at least 4 members (excludes halogenated alkanes) is 1. The van der Waals surface area contributed by atoms with Crippen LogP contribution in [0.15, 0.2) is 36.4 Å². The third-order valence-electron chi connectivity index (χ3n) is 7.74. The standard InChI is InChI=1S/C29H38O2/c1-9-10-11-23-17-25-26(29(6,7)20(3)28(25,4)5)18-24(23)19(2)16-21-12-14-22(15-13-21)27(30)31-8/h12-18,20H,9-11H2,1-8H3/b19-16+. The van der Waals surface area contributed by atoms with E-state index < -0.39 is 0 Å². The van der Waals surface area contributed by atoms with Gasteiger partial charge in [-0.3, -0.25) is 0 Å². The lowest BCUT2D eigenvalue weighted by Crippen LogP contribution is -2.30. The van der Waals surface area contributed by atoms with Crippen molar-refractivity contribution in [2.45, 2.75) is 78.6 Å². The molecule has 2 heteroatoms. The van der Waals surface area contributed by atoms with Gasteiger partial charge < -0.3 is 4.74 Å². The number of hydrogen-bond donors (Lipinski definition) is 0. The van der Waals surface area contributed by atoms with Crippen molar-refractivity contribution in [2.75, 3.05) is 7.11 Å². The van der Waals surface area contributed by atoms with Crippen molar-refractivity contribution in [3.63, 3.8) is 0 Å². The number of hydrogen-bond acceptors (Lipinski definition) is 2. The highest BCUT2D eigenvalue weighted by molar-refractivity contribution is 5.90. The number of benzene rings is 2. The van der Waals surface area contributed by atoms with Gasteiger partial charge in [0.1, 0.15) is 0 Å². The first-order chi connectivity index (χ1) is 14.5. The van der Waals surface area contributed by atoms with Crippen molar-refractivity contribution in [1.29, 1.82) is 0 Å². The van der Waals surface area contributed by atoms with E-state index in [4.69, 9.17) is 4.74 Å². The first-order valence-corrected chi connectivity index (χ1v) is 11.6. The predicted molar refractivity (Wildman–Crippen MR) is 132 cm³/mol. The summed E-state index contributed by atoms with van der Waals surface area (Å²) in [6.07, 6.45) is 5.73. The van der Waals surface area contributed by atoms with Crippen LogP contribution in [-0.4, -0.2) is 13.1 Å². The zero-order valence-corrected chi connectivity index (χ0v) is 20.6. The first kappa shape index (κ1) is 23.3. The third kappa shape index (κ3) is 4.22. The molecule has 0 amide bonds. The molecule has 2 aromatic carbocycles. The topological polar surface area (TPSA) is 26.3 Å². The van der Waals surface area contributed by atoms with Crippen LogP contribution in [0, 0.1) is 5.92 Å². The van der Waals surface area contributed by atoms with Crippen LogP contribution in [0.1, 0.15) is 99.5 Å². The van der Waals surface area contributed by atoms with E-state index in [0.717, 1.165) is 12.0 Å². The van der Waals surface area contributed by atoms with E-state index in [9.17, 15) is 4.79 Å². The molecule has 1 aliphatic carbocycles. The van der Waals surface area contributed by atoms with Crippen molar-refractivity contribution >= 4 is 17.6 Å². The molecule has 0 aliphatic heterocycles. The van der Waals surface area contributed by atoms with Gasteiger partial charge in [-0.15, -0.1) is 0 Å². The maximum Gasteiger partial charge on any atom is 0.337 e. The summed E-state index contributed by atoms with van der Waals surface area (Å²) in [6, 6.07) is 12.6. The number of methoxy groups -OCH3 is 1. The van der Waals surface area contributed by atoms with Gasteiger partial charge in [-0.05, 0) is 82.0 Å². The minimum Gasteiger partial charge on any atom is -0.465 e. The number of rotatable bonds is 6. The quantitative estimate of drug-likeness (QED) is 0.357. The highest BCUT2D eigenvalue weighted by Crippen LogP contribution is 2.54. The molecule has 2 nitrogen and oxygen atoms in total. The molecule has 0 heterocycles. The minimum absolute atomic E-state index is 0.152. The smallest absolute Gasteiger partial charge is 0.337 e. The summed E-state index contributed by atoms with van der Waals surface area (Å²) in [5, 5.41) is 0. The van der Waals surface area contributed by atoms with Gasteiger partial charge in [-0.1, -0.05) is 78.3 Å². The monoisotopic (exact) mass is 418 g/mol. The van der Waals surface area contributed by atoms with Gasteiger partial charge >= 0.3 is 5.97 Å². The van der Waals surface area contributed by atoms with E-state index in [0.29, 0.717) is 11.5 Å². The molecule has 31 heavy (non-hydrogen) atoms. The molecule has 0 N–H and O–H groups in total. The molecule has 0 radical (unpaired) electrons. The lowest BCUT2D eigenvalue weighted by atomic mass is 9.71. The Morgan fingerprint density at radius 3 is 2.16 bits per heavy atom. The summed E-state index contributed by atoms with van der Waals surface area (Å²) < 4.78 is 4.81. The molecular weight excluding hydrogens is 380 g/mol. The summed E-state index contributed by atoms with van der Waals surface area (Å²) in [5.74, 6) is 0.283. The molecule has 1 aliphatic rings. The summed E-state index contributed by atoms with van der Waals surface area (Å²) in [5.41, 5.74) is 9.12. The van der Waals surface area contributed by atoms with Crippen LogP contribution in [0.4, 0.5) is 0 Å². The zero-order chi connectivity index (χ0) is 23.0. The van der Waals surface area contributed by atoms with Crippen LogP contribution in [0.25, 0.3) is 11.6 Å². The van der Waals surface area contributed by atoms with Crippen molar-refractivity contribution in [1.82, 2.24) is 0 Å². The number of carbonyl (C=O) groups excluding carboxylic acids is 1. The molecule has 0 saturated heterocycles. The second-order valence-electron chi connectivity index (χ2n) is 10.3. The highest BCUT2D eigenvalue weighted by atomic mass is 16.5. The molecule has 2 aromatic rings. The van der Waals surface area contributed by atoms with Crippen LogP contribution in [0.5, 0.6) is 0 Å². The maximum atomic E-state index is 11.7. The van der Waals surface area contributed by atoms with E-state index in [-0.39, 0.29) is 16.8 Å². The minimum atomic E-state index is -0.299. The van der Waals surface area contributed by atoms with Crippen LogP contribution in [0.2, 0.25) is 0 Å². The van der Waals surface area contributed by atoms with Crippen molar-refractivity contribution in [2.24, 2.45) is 5.92 Å². The Hall–Kier alpha value is -2.35. The maximum absolute atomic E-state index is 11.7. The Morgan fingerprint density at radius 1 is 1.03 bits per heavy atom. The van der Waals surface area contributed by atoms with Gasteiger partial charge in [0.15, 0.2) is 0 Å². The van der Waals surface area contributed by atoms with E-state index in [1.54, 1.807) is 0 Å². The SMILES string of the molecule is CCCCc1cc2c(cc1/C(C)=C/c1ccc(C(=O)OC)cc1)C(C)(C)C(C)C2(C)C. The van der Waals surface area contributed by atoms with E-state index in [1.165, 1.54) is 47.8 Å². The Balaban J connectivity index is 2.08. The fourth-order valence-corrected chi connectivity index (χ4v) is 5.18. The van der Waals surface area contributed by atoms with Gasteiger partial charge in [-0.2, -0.15) is 0 Å².